The lowest BCUT2D eigenvalue weighted by molar-refractivity contribution is -0.131. The molecule has 0 aromatic heterocycles. The van der Waals surface area contributed by atoms with Crippen LogP contribution in [-0.4, -0.2) is 41.6 Å². The Morgan fingerprint density at radius 2 is 1.79 bits per heavy atom. The average molecular weight is 288 g/mol. The minimum Gasteiger partial charge on any atom is -0.478 e. The molecule has 0 saturated heterocycles. The third-order valence-corrected chi connectivity index (χ3v) is 2.87. The first-order chi connectivity index (χ1) is 9.06. The van der Waals surface area contributed by atoms with Gasteiger partial charge in [0.1, 0.15) is 0 Å². The third kappa shape index (κ3) is 12.7. The molecular weight excluding hydrogens is 268 g/mol. The molecule has 3 N–H and O–H groups in total. The number of nitrogens with one attached hydrogen (secondary N) is 2. The Kier molecular flexibility index (Phi) is 10.7. The quantitative estimate of drug-likeness (QED) is 0.440. The van der Waals surface area contributed by atoms with Crippen molar-refractivity contribution in [1.29, 1.82) is 0 Å². The maximum Gasteiger partial charge on any atom is 0.328 e. The smallest absolute Gasteiger partial charge is 0.328 e. The number of unbranched alkanes of at least 4 members (excludes halogenated alkanes) is 3. The van der Waals surface area contributed by atoms with Gasteiger partial charge in [0.05, 0.1) is 0 Å². The molecule has 0 spiro atoms. The van der Waals surface area contributed by atoms with E-state index in [4.69, 9.17) is 5.11 Å². The van der Waals surface area contributed by atoms with Crippen LogP contribution in [0.5, 0.6) is 0 Å². The van der Waals surface area contributed by atoms with E-state index in [0.29, 0.717) is 12.6 Å². The summed E-state index contributed by atoms with van der Waals surface area (Å²) in [6.45, 7) is 0.501. The number of amides is 3. The molecule has 0 aliphatic carbocycles. The van der Waals surface area contributed by atoms with Gasteiger partial charge in [0.2, 0.25) is 0 Å². The van der Waals surface area contributed by atoms with Gasteiger partial charge in [0.15, 0.2) is 0 Å². The predicted molar refractivity (Wildman–Crippen MR) is 75.2 cm³/mol. The summed E-state index contributed by atoms with van der Waals surface area (Å²) in [6, 6.07) is -0.607. The second-order valence-corrected chi connectivity index (χ2v) is 4.81. The molecule has 0 aromatic carbocycles. The van der Waals surface area contributed by atoms with E-state index >= 15 is 0 Å². The van der Waals surface area contributed by atoms with Crippen LogP contribution in [0.1, 0.15) is 25.7 Å². The number of carboxylic acid groups (broad SMARTS) is 1. The summed E-state index contributed by atoms with van der Waals surface area (Å²) in [5, 5.41) is 12.8. The van der Waals surface area contributed by atoms with Crippen LogP contribution in [0.4, 0.5) is 4.79 Å². The van der Waals surface area contributed by atoms with E-state index < -0.39 is 17.9 Å². The number of hydrogen-bond donors (Lipinski definition) is 3. The maximum absolute atomic E-state index is 11.2. The highest BCUT2D eigenvalue weighted by molar-refractivity contribution is 7.98. The molecular formula is C12H20N2O4S. The van der Waals surface area contributed by atoms with Crippen LogP contribution in [0.25, 0.3) is 0 Å². The van der Waals surface area contributed by atoms with Crippen molar-refractivity contribution in [3.8, 4) is 0 Å². The second kappa shape index (κ2) is 11.6. The molecule has 0 aliphatic rings. The Morgan fingerprint density at radius 3 is 2.42 bits per heavy atom. The lowest BCUT2D eigenvalue weighted by Crippen LogP contribution is -2.39. The van der Waals surface area contributed by atoms with E-state index in [1.807, 2.05) is 17.1 Å². The number of thioether (sulfide) groups is 1. The number of carbonyl (C=O) groups is 3. The minimum atomic E-state index is -1.24. The number of carboxylic acids is 1. The highest BCUT2D eigenvalue weighted by atomic mass is 32.2. The van der Waals surface area contributed by atoms with Gasteiger partial charge in [-0.3, -0.25) is 10.1 Å². The molecule has 19 heavy (non-hydrogen) atoms. The predicted octanol–water partition coefficient (Wildman–Crippen LogP) is 1.38. The topological polar surface area (TPSA) is 95.5 Å². The second-order valence-electron chi connectivity index (χ2n) is 3.82. The van der Waals surface area contributed by atoms with Crippen molar-refractivity contribution in [2.75, 3.05) is 18.6 Å². The average Bonchev–Trinajstić information content (AvgIpc) is 2.35. The molecule has 3 amide bonds. The zero-order valence-corrected chi connectivity index (χ0v) is 11.8. The minimum absolute atomic E-state index is 0.501. The molecule has 108 valence electrons. The Labute approximate surface area is 117 Å². The third-order valence-electron chi connectivity index (χ3n) is 2.17. The number of hydrogen-bond acceptors (Lipinski definition) is 4. The standard InChI is InChI=1S/C12H20N2O4S/c1-19-9-5-3-2-4-8-13-12(18)14-10(15)6-7-11(16)17/h6-7H,2-5,8-9H2,1H3,(H,16,17)(H2,13,14,15,18)/b7-6+. The van der Waals surface area contributed by atoms with Crippen molar-refractivity contribution in [1.82, 2.24) is 10.6 Å². The highest BCUT2D eigenvalue weighted by Gasteiger charge is 2.03. The molecule has 0 aliphatic heterocycles. The van der Waals surface area contributed by atoms with Crippen molar-refractivity contribution in [3.05, 3.63) is 12.2 Å². The van der Waals surface area contributed by atoms with Gasteiger partial charge in [-0.2, -0.15) is 11.8 Å². The van der Waals surface area contributed by atoms with Crippen LogP contribution in [0, 0.1) is 0 Å². The number of rotatable bonds is 9. The molecule has 0 aromatic rings. The fourth-order valence-corrected chi connectivity index (χ4v) is 1.76. The molecule has 0 unspecified atom stereocenters. The van der Waals surface area contributed by atoms with Crippen molar-refractivity contribution >= 4 is 29.7 Å². The summed E-state index contributed by atoms with van der Waals surface area (Å²) in [5.41, 5.74) is 0. The molecule has 0 saturated carbocycles. The monoisotopic (exact) mass is 288 g/mol. The first kappa shape index (κ1) is 17.5. The molecule has 0 fully saturated rings. The molecule has 7 heteroatoms. The van der Waals surface area contributed by atoms with E-state index in [1.165, 1.54) is 6.42 Å². The van der Waals surface area contributed by atoms with Crippen LogP contribution in [0.2, 0.25) is 0 Å². The summed E-state index contributed by atoms with van der Waals surface area (Å²) >= 11 is 1.82. The highest BCUT2D eigenvalue weighted by Crippen LogP contribution is 2.03. The summed E-state index contributed by atoms with van der Waals surface area (Å²) in [5.74, 6) is -0.834. The Balaban J connectivity index is 3.54. The van der Waals surface area contributed by atoms with E-state index in [9.17, 15) is 14.4 Å². The van der Waals surface area contributed by atoms with E-state index in [-0.39, 0.29) is 0 Å². The van der Waals surface area contributed by atoms with Gasteiger partial charge in [-0.25, -0.2) is 9.59 Å². The van der Waals surface area contributed by atoms with Crippen molar-refractivity contribution in [2.45, 2.75) is 25.7 Å². The first-order valence-electron chi connectivity index (χ1n) is 6.05. The first-order valence-corrected chi connectivity index (χ1v) is 7.44. The number of carbonyl (C=O) groups excluding carboxylic acids is 2. The van der Waals surface area contributed by atoms with E-state index in [2.05, 4.69) is 11.6 Å². The van der Waals surface area contributed by atoms with Crippen LogP contribution < -0.4 is 10.6 Å². The van der Waals surface area contributed by atoms with Crippen LogP contribution in [0.15, 0.2) is 12.2 Å². The summed E-state index contributed by atoms with van der Waals surface area (Å²) in [6.07, 6.45) is 7.74. The van der Waals surface area contributed by atoms with Gasteiger partial charge < -0.3 is 10.4 Å². The fraction of sp³-hybridized carbons (Fsp3) is 0.583. The summed E-state index contributed by atoms with van der Waals surface area (Å²) in [7, 11) is 0. The van der Waals surface area contributed by atoms with Crippen LogP contribution in [-0.2, 0) is 9.59 Å². The largest absolute Gasteiger partial charge is 0.478 e. The van der Waals surface area contributed by atoms with Crippen molar-refractivity contribution in [3.63, 3.8) is 0 Å². The van der Waals surface area contributed by atoms with Crippen molar-refractivity contribution in [2.24, 2.45) is 0 Å². The SMILES string of the molecule is CSCCCCCCNC(=O)NC(=O)/C=C/C(=O)O. The van der Waals surface area contributed by atoms with Crippen molar-refractivity contribution < 1.29 is 19.5 Å². The maximum atomic E-state index is 11.2. The number of urea groups is 1. The molecule has 0 radical (unpaired) electrons. The van der Waals surface area contributed by atoms with Gasteiger partial charge in [-0.05, 0) is 24.9 Å². The Hall–Kier alpha value is -1.50. The zero-order valence-electron chi connectivity index (χ0n) is 11.0. The van der Waals surface area contributed by atoms with Gasteiger partial charge in [-0.15, -0.1) is 0 Å². The lowest BCUT2D eigenvalue weighted by Gasteiger charge is -2.04. The van der Waals surface area contributed by atoms with Crippen LogP contribution in [0.3, 0.4) is 0 Å². The van der Waals surface area contributed by atoms with Gasteiger partial charge in [0.25, 0.3) is 5.91 Å². The summed E-state index contributed by atoms with van der Waals surface area (Å²) < 4.78 is 0. The fourth-order valence-electron chi connectivity index (χ4n) is 1.27. The molecule has 0 bridgehead atoms. The molecule has 0 heterocycles. The molecule has 6 nitrogen and oxygen atoms in total. The Bertz CT molecular complexity index is 332. The van der Waals surface area contributed by atoms with E-state index in [1.54, 1.807) is 0 Å². The van der Waals surface area contributed by atoms with Crippen LogP contribution >= 0.6 is 11.8 Å². The van der Waals surface area contributed by atoms with Gasteiger partial charge >= 0.3 is 12.0 Å². The zero-order chi connectivity index (χ0) is 14.5. The lowest BCUT2D eigenvalue weighted by atomic mass is 10.2. The van der Waals surface area contributed by atoms with E-state index in [0.717, 1.165) is 31.1 Å². The molecule has 0 atom stereocenters. The molecule has 0 rings (SSSR count). The number of aliphatic carboxylic acids is 1. The normalized spacial score (nSPS) is 10.4. The summed E-state index contributed by atoms with van der Waals surface area (Å²) in [4.78, 5) is 32.4. The van der Waals surface area contributed by atoms with Gasteiger partial charge in [0, 0.05) is 18.7 Å². The Morgan fingerprint density at radius 1 is 1.11 bits per heavy atom. The number of imide groups is 1. The van der Waals surface area contributed by atoms with Gasteiger partial charge in [-0.1, -0.05) is 12.8 Å².